The molecule has 5 aliphatic carbocycles. The zero-order valence-electron chi connectivity index (χ0n) is 43.9. The monoisotopic (exact) mass is 1040 g/mol. The number of ether oxygens (including phenoxy) is 7. The lowest BCUT2D eigenvalue weighted by Gasteiger charge is -2.66. The van der Waals surface area contributed by atoms with Crippen LogP contribution in [0.1, 0.15) is 114 Å². The summed E-state index contributed by atoms with van der Waals surface area (Å²) in [5.74, 6) is -4.35. The Morgan fingerprint density at radius 2 is 1.59 bits per heavy atom. The maximum absolute atomic E-state index is 14.8. The Kier molecular flexibility index (Phi) is 9.99. The quantitative estimate of drug-likeness (QED) is 0.0661. The molecular formula is C59H65N3O14. The van der Waals surface area contributed by atoms with E-state index in [1.54, 1.807) is 41.2 Å². The molecule has 1 unspecified atom stereocenters. The van der Waals surface area contributed by atoms with Crippen LogP contribution in [0.25, 0.3) is 0 Å². The molecule has 5 aliphatic heterocycles. The van der Waals surface area contributed by atoms with Gasteiger partial charge in [-0.05, 0) is 110 Å². The Morgan fingerprint density at radius 3 is 2.38 bits per heavy atom. The molecule has 2 spiro atoms. The van der Waals surface area contributed by atoms with Crippen molar-refractivity contribution in [3.8, 4) is 23.0 Å². The second-order valence-corrected chi connectivity index (χ2v) is 25.1. The Bertz CT molecular complexity index is 3190. The van der Waals surface area contributed by atoms with Crippen LogP contribution >= 0.6 is 0 Å². The van der Waals surface area contributed by atoms with E-state index < -0.39 is 87.2 Å². The summed E-state index contributed by atoms with van der Waals surface area (Å²) in [6.45, 7) is 17.2. The van der Waals surface area contributed by atoms with E-state index in [2.05, 4.69) is 51.9 Å². The topological polar surface area (TPSA) is 231 Å². The van der Waals surface area contributed by atoms with Gasteiger partial charge in [0.1, 0.15) is 53.6 Å². The average Bonchev–Trinajstić information content (AvgIpc) is 3.28. The molecule has 14 rings (SSSR count). The number of ketones is 1. The number of fused-ring (bicyclic) bond motifs is 15. The van der Waals surface area contributed by atoms with Gasteiger partial charge >= 0.3 is 17.9 Å². The molecule has 10 aliphatic rings. The van der Waals surface area contributed by atoms with Crippen molar-refractivity contribution in [3.05, 3.63) is 94.8 Å². The highest BCUT2D eigenvalue weighted by atomic mass is 16.8. The van der Waals surface area contributed by atoms with Crippen molar-refractivity contribution in [1.29, 1.82) is 0 Å². The first kappa shape index (κ1) is 48.5. The largest absolute Gasteiger partial charge is 0.508 e. The molecular weight excluding hydrogens is 975 g/mol. The summed E-state index contributed by atoms with van der Waals surface area (Å²) in [6, 6.07) is 17.3. The van der Waals surface area contributed by atoms with Crippen molar-refractivity contribution in [2.75, 3.05) is 0 Å². The molecule has 1 aromatic heterocycles. The number of aliphatic hydroxyl groups excluding tert-OH is 1. The molecule has 400 valence electrons. The van der Waals surface area contributed by atoms with E-state index in [0.29, 0.717) is 71.0 Å². The van der Waals surface area contributed by atoms with Gasteiger partial charge in [-0.3, -0.25) is 14.3 Å². The highest BCUT2D eigenvalue weighted by Gasteiger charge is 2.93. The molecule has 17 nitrogen and oxygen atoms in total. The second-order valence-electron chi connectivity index (χ2n) is 25.1. The van der Waals surface area contributed by atoms with Crippen molar-refractivity contribution >= 4 is 23.7 Å². The zero-order valence-corrected chi connectivity index (χ0v) is 43.9. The van der Waals surface area contributed by atoms with Crippen molar-refractivity contribution in [1.82, 2.24) is 15.0 Å². The van der Waals surface area contributed by atoms with E-state index in [1.807, 2.05) is 25.1 Å². The average molecular weight is 1040 g/mol. The van der Waals surface area contributed by atoms with E-state index >= 15 is 0 Å². The molecule has 0 radical (unpaired) electrons. The number of epoxide rings is 2. The predicted molar refractivity (Wildman–Crippen MR) is 265 cm³/mol. The molecule has 8 fully saturated rings. The van der Waals surface area contributed by atoms with Crippen molar-refractivity contribution in [2.45, 2.75) is 142 Å². The Hall–Kier alpha value is -5.88. The number of hydrogen-bond acceptors (Lipinski definition) is 16. The van der Waals surface area contributed by atoms with Crippen molar-refractivity contribution < 1.29 is 67.7 Å². The standard InChI is InChI=1S/C59H65N3O14/c1-26-28(3)55(6)44-27(2)51-59(74-51)56(7,57(8,69)53(68)76-59)46(44)50(45(55)42-43(26)54(5)29(4)49-40(72-49)23-37(54)47(65)48(42)66)73-41(64)15-11-12-20-62-24-30(60-61-62)25-70-32-17-19-36-39(22-32)71-38-21-31(63)16-18-35(38)58(36)34-14-10-9-13-33(34)52(67)75-58/h9-10,13-14,16-19,21-22,24,26-29,37,40,42-46,48-51,63,66,69H,11-12,15,20,23,25H2,1-8H3/t26-,27+,28+,29+,37-,40+,42-,43+,44+,45-,46+,48-,49-,50-,51-,54+,55-,56+,57-,58?,59+/m1/s1. The SMILES string of the molecule is C[C@H]1[C@H]2[C@@H]([C@H](OC(=O)CCCCn3cc(COc4ccc5c(c4)Oc4cc(O)ccc4C54OC(=O)c5ccccc54)nn3)[C@H]3[C@H]4[C@H]([C@H](C)[C@H](C)[C@@]32C)[C@]2(C)[C@H](C[C@@H]3O[C@@H]3[C@@H]2C)C(=O)[C@@H]4O)[C@]2(C)[C@]3(OC(=O)[C@@]2(C)O)O[C@H]13. The predicted octanol–water partition coefficient (Wildman–Crippen LogP) is 7.03. The van der Waals surface area contributed by atoms with Gasteiger partial charge < -0.3 is 48.5 Å². The van der Waals surface area contributed by atoms with Crippen LogP contribution in [-0.4, -0.2) is 95.9 Å². The number of nitrogens with zero attached hydrogens (tertiary/aromatic N) is 3. The van der Waals surface area contributed by atoms with Crippen LogP contribution in [0, 0.1) is 75.4 Å². The molecule has 3 aromatic carbocycles. The van der Waals surface area contributed by atoms with E-state index in [4.69, 9.17) is 33.2 Å². The molecule has 0 bridgehead atoms. The highest BCUT2D eigenvalue weighted by molar-refractivity contribution is 5.97. The molecule has 3 N–H and O–H groups in total. The van der Waals surface area contributed by atoms with Gasteiger partial charge in [0.15, 0.2) is 17.0 Å². The van der Waals surface area contributed by atoms with Gasteiger partial charge in [0.05, 0.1) is 29.4 Å². The molecule has 3 saturated heterocycles. The number of rotatable bonds is 9. The number of esters is 3. The number of phenolic OH excluding ortho intramolecular Hbond substituents is 1. The number of aryl methyl sites for hydroxylation is 1. The smallest absolute Gasteiger partial charge is 0.341 e. The zero-order chi connectivity index (χ0) is 53.1. The number of hydrogen-bond donors (Lipinski definition) is 3. The van der Waals surface area contributed by atoms with E-state index in [9.17, 15) is 34.5 Å². The number of carbonyl (C=O) groups excluding carboxylic acids is 4. The van der Waals surface area contributed by atoms with E-state index in [-0.39, 0.29) is 78.2 Å². The van der Waals surface area contributed by atoms with Gasteiger partial charge in [0.25, 0.3) is 0 Å². The summed E-state index contributed by atoms with van der Waals surface area (Å²) in [5, 5.41) is 44.0. The summed E-state index contributed by atoms with van der Waals surface area (Å²) in [7, 11) is 0. The summed E-state index contributed by atoms with van der Waals surface area (Å²) < 4.78 is 46.0. The highest BCUT2D eigenvalue weighted by Crippen LogP contribution is 2.82. The van der Waals surface area contributed by atoms with Gasteiger partial charge in [-0.15, -0.1) is 5.10 Å². The van der Waals surface area contributed by atoms with Crippen LogP contribution in [0.5, 0.6) is 23.0 Å². The number of benzene rings is 3. The third kappa shape index (κ3) is 5.85. The van der Waals surface area contributed by atoms with Gasteiger partial charge in [0, 0.05) is 65.5 Å². The minimum Gasteiger partial charge on any atom is -0.508 e. The molecule has 4 aromatic rings. The summed E-state index contributed by atoms with van der Waals surface area (Å²) in [4.78, 5) is 56.4. The van der Waals surface area contributed by atoms with Gasteiger partial charge in [0.2, 0.25) is 5.79 Å². The lowest BCUT2D eigenvalue weighted by molar-refractivity contribution is -0.222. The van der Waals surface area contributed by atoms with Crippen LogP contribution in [0.2, 0.25) is 0 Å². The van der Waals surface area contributed by atoms with E-state index in [1.165, 1.54) is 19.1 Å². The molecule has 6 heterocycles. The van der Waals surface area contributed by atoms with Crippen LogP contribution < -0.4 is 9.47 Å². The Morgan fingerprint density at radius 1 is 0.842 bits per heavy atom. The number of aliphatic hydroxyl groups is 2. The number of Topliss-reactive ketones (excluding diaryl/α,β-unsaturated/α-hetero) is 1. The van der Waals surface area contributed by atoms with Gasteiger partial charge in [-0.1, -0.05) is 65.0 Å². The van der Waals surface area contributed by atoms with Crippen molar-refractivity contribution in [3.63, 3.8) is 0 Å². The van der Waals surface area contributed by atoms with Gasteiger partial charge in [-0.25, -0.2) is 9.59 Å². The van der Waals surface area contributed by atoms with Crippen LogP contribution in [0.3, 0.4) is 0 Å². The molecule has 0 amide bonds. The number of aromatic nitrogens is 3. The Balaban J connectivity index is 0.692. The first-order valence-electron chi connectivity index (χ1n) is 27.4. The number of aromatic hydroxyl groups is 1. The summed E-state index contributed by atoms with van der Waals surface area (Å²) >= 11 is 0. The lowest BCUT2D eigenvalue weighted by Crippen LogP contribution is -2.69. The fraction of sp³-hybridized carbons (Fsp3) is 0.593. The maximum Gasteiger partial charge on any atom is 0.341 e. The fourth-order valence-corrected chi connectivity index (χ4v) is 18.4. The lowest BCUT2D eigenvalue weighted by atomic mass is 9.37. The third-order valence-corrected chi connectivity index (χ3v) is 22.4. The first-order valence-corrected chi connectivity index (χ1v) is 27.4. The molecule has 17 heteroatoms. The van der Waals surface area contributed by atoms with Crippen molar-refractivity contribution in [2.24, 2.45) is 75.4 Å². The molecule has 76 heavy (non-hydrogen) atoms. The molecule has 5 saturated carbocycles. The number of carbonyl (C=O) groups is 4. The number of phenols is 1. The normalized spacial score (nSPS) is 45.0. The van der Waals surface area contributed by atoms with E-state index in [0.717, 1.165) is 0 Å². The molecule has 21 atom stereocenters. The fourth-order valence-electron chi connectivity index (χ4n) is 18.4. The number of unbranched alkanes of at least 4 members (excludes halogenated alkanes) is 1. The van der Waals surface area contributed by atoms with Crippen LogP contribution in [0.15, 0.2) is 66.9 Å². The summed E-state index contributed by atoms with van der Waals surface area (Å²) in [6.07, 6.45) is 0.889. The minimum atomic E-state index is -1.98. The second kappa shape index (κ2) is 15.7. The van der Waals surface area contributed by atoms with Crippen LogP contribution in [-0.2, 0) is 56.8 Å². The third-order valence-electron chi connectivity index (χ3n) is 22.4. The first-order chi connectivity index (χ1) is 36.1. The summed E-state index contributed by atoms with van der Waals surface area (Å²) in [5.41, 5.74) is -2.80. The minimum absolute atomic E-state index is 0.000516. The van der Waals surface area contributed by atoms with Gasteiger partial charge in [-0.2, -0.15) is 0 Å². The van der Waals surface area contributed by atoms with Crippen LogP contribution in [0.4, 0.5) is 0 Å². The Labute approximate surface area is 439 Å². The maximum atomic E-state index is 14.8.